The van der Waals surface area contributed by atoms with E-state index in [9.17, 15) is 9.59 Å². The first-order valence-electron chi connectivity index (χ1n) is 13.2. The average molecular weight is 453 g/mol. The summed E-state index contributed by atoms with van der Waals surface area (Å²) in [4.78, 5) is 32.9. The minimum absolute atomic E-state index is 0.0806. The Labute approximate surface area is 198 Å². The molecule has 33 heavy (non-hydrogen) atoms. The van der Waals surface area contributed by atoms with Crippen LogP contribution in [0.15, 0.2) is 24.3 Å². The lowest BCUT2D eigenvalue weighted by molar-refractivity contribution is -0.138. The van der Waals surface area contributed by atoms with E-state index in [0.717, 1.165) is 49.0 Å². The van der Waals surface area contributed by atoms with Crippen molar-refractivity contribution in [2.45, 2.75) is 109 Å². The van der Waals surface area contributed by atoms with Crippen LogP contribution in [0.1, 0.15) is 89.8 Å². The lowest BCUT2D eigenvalue weighted by Gasteiger charge is -2.42. The summed E-state index contributed by atoms with van der Waals surface area (Å²) >= 11 is 0. The number of amides is 2. The summed E-state index contributed by atoms with van der Waals surface area (Å²) in [6.07, 6.45) is 14.1. The third kappa shape index (κ3) is 5.96. The van der Waals surface area contributed by atoms with Crippen LogP contribution in [0.4, 0.5) is 0 Å². The number of carbonyl (C=O) groups excluding carboxylic acids is 2. The van der Waals surface area contributed by atoms with Crippen molar-refractivity contribution in [2.24, 2.45) is 0 Å². The van der Waals surface area contributed by atoms with Crippen molar-refractivity contribution in [1.29, 1.82) is 0 Å². The van der Waals surface area contributed by atoms with Gasteiger partial charge in [0.25, 0.3) is 0 Å². The fourth-order valence-electron chi connectivity index (χ4n) is 5.76. The molecule has 2 aromatic rings. The Morgan fingerprint density at radius 1 is 1.00 bits per heavy atom. The highest BCUT2D eigenvalue weighted by atomic mass is 16.2. The quantitative estimate of drug-likeness (QED) is 0.583. The van der Waals surface area contributed by atoms with Gasteiger partial charge in [0.1, 0.15) is 12.4 Å². The van der Waals surface area contributed by atoms with Crippen molar-refractivity contribution in [3.8, 4) is 0 Å². The Hall–Kier alpha value is -2.37. The molecular weight excluding hydrogens is 412 g/mol. The Morgan fingerprint density at radius 2 is 1.64 bits per heavy atom. The lowest BCUT2D eigenvalue weighted by Crippen LogP contribution is -2.50. The summed E-state index contributed by atoms with van der Waals surface area (Å²) in [6.45, 7) is 2.89. The highest BCUT2D eigenvalue weighted by Crippen LogP contribution is 2.31. The number of imidazole rings is 1. The van der Waals surface area contributed by atoms with Crippen molar-refractivity contribution in [3.63, 3.8) is 0 Å². The van der Waals surface area contributed by atoms with Gasteiger partial charge in [-0.3, -0.25) is 9.59 Å². The molecule has 6 heteroatoms. The van der Waals surface area contributed by atoms with Crippen LogP contribution in [0.2, 0.25) is 0 Å². The molecule has 0 unspecified atom stereocenters. The summed E-state index contributed by atoms with van der Waals surface area (Å²) in [5, 5.41) is 3.00. The second kappa shape index (κ2) is 11.7. The predicted octanol–water partition coefficient (Wildman–Crippen LogP) is 4.99. The molecule has 2 amide bonds. The Kier molecular flexibility index (Phi) is 8.40. The molecule has 0 radical (unpaired) electrons. The van der Waals surface area contributed by atoms with Crippen LogP contribution in [0.3, 0.4) is 0 Å². The van der Waals surface area contributed by atoms with Crippen LogP contribution in [0.5, 0.6) is 0 Å². The number of fused-ring (bicyclic) bond motifs is 1. The Balaban J connectivity index is 1.54. The largest absolute Gasteiger partial charge is 0.356 e. The summed E-state index contributed by atoms with van der Waals surface area (Å²) in [5.74, 6) is 1.21. The monoisotopic (exact) mass is 452 g/mol. The highest BCUT2D eigenvalue weighted by Gasteiger charge is 2.32. The van der Waals surface area contributed by atoms with Crippen molar-refractivity contribution in [1.82, 2.24) is 19.8 Å². The molecule has 1 aromatic heterocycles. The first-order chi connectivity index (χ1) is 16.2. The maximum absolute atomic E-state index is 13.9. The number of hydrogen-bond donors (Lipinski definition) is 1. The first-order valence-corrected chi connectivity index (χ1v) is 13.2. The maximum Gasteiger partial charge on any atom is 0.243 e. The van der Waals surface area contributed by atoms with Crippen LogP contribution < -0.4 is 5.32 Å². The molecule has 1 heterocycles. The van der Waals surface area contributed by atoms with E-state index in [-0.39, 0.29) is 11.8 Å². The molecule has 2 aliphatic rings. The normalized spacial score (nSPS) is 17.8. The van der Waals surface area contributed by atoms with E-state index in [1.807, 2.05) is 25.1 Å². The second-order valence-electron chi connectivity index (χ2n) is 9.84. The number of rotatable bonds is 9. The second-order valence-corrected chi connectivity index (χ2v) is 9.84. The molecule has 2 aliphatic carbocycles. The molecule has 1 N–H and O–H groups in total. The molecule has 0 saturated heterocycles. The van der Waals surface area contributed by atoms with Crippen LogP contribution in [0.25, 0.3) is 11.0 Å². The average Bonchev–Trinajstić information content (AvgIpc) is 3.18. The number of hydrogen-bond acceptors (Lipinski definition) is 3. The van der Waals surface area contributed by atoms with E-state index >= 15 is 0 Å². The van der Waals surface area contributed by atoms with Gasteiger partial charge in [-0.1, -0.05) is 57.6 Å². The summed E-state index contributed by atoms with van der Waals surface area (Å²) in [5.41, 5.74) is 1.93. The maximum atomic E-state index is 13.9. The summed E-state index contributed by atoms with van der Waals surface area (Å²) in [7, 11) is 0. The van der Waals surface area contributed by atoms with Crippen LogP contribution in [0, 0.1) is 0 Å². The predicted molar refractivity (Wildman–Crippen MR) is 132 cm³/mol. The summed E-state index contributed by atoms with van der Waals surface area (Å²) < 4.78 is 2.10. The smallest absolute Gasteiger partial charge is 0.243 e. The fourth-order valence-corrected chi connectivity index (χ4v) is 5.76. The van der Waals surface area contributed by atoms with Gasteiger partial charge in [0.15, 0.2) is 0 Å². The van der Waals surface area contributed by atoms with Gasteiger partial charge in [0, 0.05) is 31.5 Å². The molecule has 2 saturated carbocycles. The number of carbonyl (C=O) groups is 2. The molecule has 1 aromatic carbocycles. The van der Waals surface area contributed by atoms with Crippen LogP contribution >= 0.6 is 0 Å². The Morgan fingerprint density at radius 3 is 2.27 bits per heavy atom. The minimum atomic E-state index is 0.0806. The molecule has 0 aliphatic heterocycles. The minimum Gasteiger partial charge on any atom is -0.356 e. The van der Waals surface area contributed by atoms with Gasteiger partial charge in [0.2, 0.25) is 11.8 Å². The van der Waals surface area contributed by atoms with Crippen molar-refractivity contribution < 1.29 is 9.59 Å². The van der Waals surface area contributed by atoms with Gasteiger partial charge in [-0.25, -0.2) is 4.98 Å². The van der Waals surface area contributed by atoms with Crippen molar-refractivity contribution in [3.05, 3.63) is 30.1 Å². The van der Waals surface area contributed by atoms with Gasteiger partial charge in [-0.15, -0.1) is 0 Å². The SMILES string of the molecule is CCCC(=O)NCCc1nc2ccccc2n1CC(=O)N(C1CCCCC1)C1CCCCC1. The lowest BCUT2D eigenvalue weighted by atomic mass is 9.88. The van der Waals surface area contributed by atoms with E-state index in [4.69, 9.17) is 4.98 Å². The standard InChI is InChI=1S/C27H40N4O2/c1-2-11-26(32)28-19-18-25-29-23-16-9-10-17-24(23)30(25)20-27(33)31(21-12-5-3-6-13-21)22-14-7-4-8-15-22/h9-10,16-17,21-22H,2-8,11-15,18-20H2,1H3,(H,28,32). The molecule has 2 fully saturated rings. The summed E-state index contributed by atoms with van der Waals surface area (Å²) in [6, 6.07) is 8.85. The Bertz CT molecular complexity index is 907. The molecule has 0 bridgehead atoms. The molecule has 180 valence electrons. The number of para-hydroxylation sites is 2. The zero-order chi connectivity index (χ0) is 23.0. The van der Waals surface area contributed by atoms with Gasteiger partial charge in [0.05, 0.1) is 11.0 Å². The van der Waals surface area contributed by atoms with E-state index in [1.54, 1.807) is 0 Å². The van der Waals surface area contributed by atoms with Crippen molar-refractivity contribution in [2.75, 3.05) is 6.54 Å². The zero-order valence-corrected chi connectivity index (χ0v) is 20.2. The number of aromatic nitrogens is 2. The highest BCUT2D eigenvalue weighted by molar-refractivity contribution is 5.81. The molecule has 0 spiro atoms. The first kappa shape index (κ1) is 23.8. The molecular formula is C27H40N4O2. The van der Waals surface area contributed by atoms with Crippen molar-refractivity contribution >= 4 is 22.8 Å². The van der Waals surface area contributed by atoms with E-state index < -0.39 is 0 Å². The zero-order valence-electron chi connectivity index (χ0n) is 20.2. The van der Waals surface area contributed by atoms with Gasteiger partial charge in [-0.05, 0) is 44.2 Å². The van der Waals surface area contributed by atoms with E-state index in [1.165, 1.54) is 38.5 Å². The molecule has 4 rings (SSSR count). The molecule has 0 atom stereocenters. The van der Waals surface area contributed by atoms with E-state index in [0.29, 0.717) is 38.0 Å². The van der Waals surface area contributed by atoms with Gasteiger partial charge < -0.3 is 14.8 Å². The third-order valence-corrected chi connectivity index (χ3v) is 7.40. The van der Waals surface area contributed by atoms with E-state index in [2.05, 4.69) is 20.9 Å². The number of benzene rings is 1. The van der Waals surface area contributed by atoms with Gasteiger partial charge >= 0.3 is 0 Å². The van der Waals surface area contributed by atoms with Gasteiger partial charge in [-0.2, -0.15) is 0 Å². The number of nitrogens with one attached hydrogen (secondary N) is 1. The number of nitrogens with zero attached hydrogens (tertiary/aromatic N) is 3. The third-order valence-electron chi connectivity index (χ3n) is 7.40. The molecule has 6 nitrogen and oxygen atoms in total. The topological polar surface area (TPSA) is 67.2 Å². The van der Waals surface area contributed by atoms with Crippen LogP contribution in [-0.2, 0) is 22.6 Å². The fraction of sp³-hybridized carbons (Fsp3) is 0.667. The van der Waals surface area contributed by atoms with Crippen LogP contribution in [-0.4, -0.2) is 44.9 Å².